The lowest BCUT2D eigenvalue weighted by Gasteiger charge is -2.28. The van der Waals surface area contributed by atoms with Crippen LogP contribution in [0.5, 0.6) is 0 Å². The number of carbonyl (C=O) groups is 4. The monoisotopic (exact) mass is 524 g/mol. The molecule has 2 bridgehead atoms. The molecule has 3 fully saturated rings. The van der Waals surface area contributed by atoms with E-state index in [9.17, 15) is 29.3 Å². The fourth-order valence-corrected chi connectivity index (χ4v) is 6.63. The summed E-state index contributed by atoms with van der Waals surface area (Å²) in [6, 6.07) is 21.3. The molecular formula is C30H24N2O7. The predicted octanol–water partition coefficient (Wildman–Crippen LogP) is 4.56. The molecular weight excluding hydrogens is 500 g/mol. The molecule has 1 heterocycles. The summed E-state index contributed by atoms with van der Waals surface area (Å²) in [5.41, 5.74) is 1.59. The van der Waals surface area contributed by atoms with Crippen molar-refractivity contribution in [1.29, 1.82) is 0 Å². The Bertz CT molecular complexity index is 1500. The molecule has 9 nitrogen and oxygen atoms in total. The predicted molar refractivity (Wildman–Crippen MR) is 139 cm³/mol. The number of amides is 2. The summed E-state index contributed by atoms with van der Waals surface area (Å²) in [5, 5.41) is 10.9. The van der Waals surface area contributed by atoms with E-state index < -0.39 is 23.3 Å². The number of carbonyl (C=O) groups excluding carboxylic acids is 4. The minimum atomic E-state index is -0.764. The van der Waals surface area contributed by atoms with E-state index in [1.165, 1.54) is 52.9 Å². The van der Waals surface area contributed by atoms with Gasteiger partial charge in [-0.2, -0.15) is 0 Å². The average molecular weight is 525 g/mol. The smallest absolute Gasteiger partial charge is 0.338 e. The summed E-state index contributed by atoms with van der Waals surface area (Å²) >= 11 is 0. The quantitative estimate of drug-likeness (QED) is 0.146. The highest BCUT2D eigenvalue weighted by Crippen LogP contribution is 2.61. The number of fused-ring (bicyclic) bond motifs is 5. The molecule has 6 rings (SSSR count). The molecule has 5 atom stereocenters. The summed E-state index contributed by atoms with van der Waals surface area (Å²) in [6.07, 6.45) is 1.79. The molecule has 0 N–H and O–H groups in total. The Kier molecular flexibility index (Phi) is 6.06. The van der Waals surface area contributed by atoms with Gasteiger partial charge in [0, 0.05) is 17.7 Å². The molecule has 39 heavy (non-hydrogen) atoms. The summed E-state index contributed by atoms with van der Waals surface area (Å²) in [6.45, 7) is -0.584. The second-order valence-corrected chi connectivity index (χ2v) is 10.3. The maximum absolute atomic E-state index is 13.5. The number of ketones is 1. The number of Topliss-reactive ketones (excluding diaryl/α,β-unsaturated/α-hetero) is 1. The van der Waals surface area contributed by atoms with Gasteiger partial charge < -0.3 is 4.74 Å². The van der Waals surface area contributed by atoms with E-state index in [0.717, 1.165) is 18.9 Å². The molecule has 2 saturated carbocycles. The SMILES string of the molecule is O=C(COC(=O)c1ccc(N2C(=O)C3C4CC(c5ccccc5)C(C4)C3C2=O)cc1)c1cccc([N+](=O)[O-])c1. The molecule has 9 heteroatoms. The summed E-state index contributed by atoms with van der Waals surface area (Å²) in [7, 11) is 0. The number of hydrogen-bond acceptors (Lipinski definition) is 7. The Morgan fingerprint density at radius 1 is 0.872 bits per heavy atom. The Labute approximate surface area is 223 Å². The largest absolute Gasteiger partial charge is 0.454 e. The topological polar surface area (TPSA) is 124 Å². The Morgan fingerprint density at radius 3 is 2.31 bits per heavy atom. The van der Waals surface area contributed by atoms with Gasteiger partial charge >= 0.3 is 5.97 Å². The first-order valence-electron chi connectivity index (χ1n) is 12.8. The van der Waals surface area contributed by atoms with E-state index in [1.54, 1.807) is 0 Å². The van der Waals surface area contributed by atoms with Gasteiger partial charge in [-0.15, -0.1) is 0 Å². The summed E-state index contributed by atoms with van der Waals surface area (Å²) in [4.78, 5) is 63.3. The van der Waals surface area contributed by atoms with Crippen molar-refractivity contribution in [3.05, 3.63) is 106 Å². The van der Waals surface area contributed by atoms with Gasteiger partial charge in [0.2, 0.25) is 17.6 Å². The Hall–Kier alpha value is -4.66. The molecule has 3 aromatic rings. The normalized spacial score (nSPS) is 25.0. The number of ether oxygens (including phenoxy) is 1. The lowest BCUT2D eigenvalue weighted by Crippen LogP contribution is -2.33. The third kappa shape index (κ3) is 4.20. The first kappa shape index (κ1) is 24.7. The number of esters is 1. The van der Waals surface area contributed by atoms with E-state index in [2.05, 4.69) is 12.1 Å². The van der Waals surface area contributed by atoms with Gasteiger partial charge in [-0.1, -0.05) is 42.5 Å². The van der Waals surface area contributed by atoms with Gasteiger partial charge in [0.15, 0.2) is 6.61 Å². The van der Waals surface area contributed by atoms with Gasteiger partial charge in [-0.25, -0.2) is 4.79 Å². The number of nitro benzene ring substituents is 1. The standard InChI is InChI=1S/C30H24N2O7/c33-25(19-7-4-8-22(13-19)32(37)38)16-39-30(36)18-9-11-21(12-10-18)31-28(34)26-20-14-23(17-5-2-1-3-6-17)24(15-20)27(26)29(31)35/h1-13,20,23-24,26-27H,14-16H2. The van der Waals surface area contributed by atoms with Crippen LogP contribution in [0, 0.1) is 33.8 Å². The van der Waals surface area contributed by atoms with E-state index >= 15 is 0 Å². The Balaban J connectivity index is 1.12. The number of hydrogen-bond donors (Lipinski definition) is 0. The number of imide groups is 1. The van der Waals surface area contributed by atoms with E-state index in [0.29, 0.717) is 5.69 Å². The fourth-order valence-electron chi connectivity index (χ4n) is 6.63. The first-order chi connectivity index (χ1) is 18.8. The van der Waals surface area contributed by atoms with Crippen LogP contribution in [-0.4, -0.2) is 35.1 Å². The number of rotatable bonds is 7. The maximum Gasteiger partial charge on any atom is 0.338 e. The molecule has 2 amide bonds. The van der Waals surface area contributed by atoms with Crippen molar-refractivity contribution in [2.75, 3.05) is 11.5 Å². The van der Waals surface area contributed by atoms with Crippen molar-refractivity contribution >= 4 is 34.9 Å². The third-order valence-electron chi connectivity index (χ3n) is 8.32. The van der Waals surface area contributed by atoms with Crippen molar-refractivity contribution in [3.63, 3.8) is 0 Å². The fraction of sp³-hybridized carbons (Fsp3) is 0.267. The van der Waals surface area contributed by atoms with Crippen LogP contribution in [0.3, 0.4) is 0 Å². The van der Waals surface area contributed by atoms with Crippen LogP contribution < -0.4 is 4.90 Å². The number of nitrogens with zero attached hydrogens (tertiary/aromatic N) is 2. The van der Waals surface area contributed by atoms with Crippen molar-refractivity contribution in [3.8, 4) is 0 Å². The minimum Gasteiger partial charge on any atom is -0.454 e. The molecule has 196 valence electrons. The molecule has 2 aliphatic carbocycles. The number of nitro groups is 1. The van der Waals surface area contributed by atoms with Gasteiger partial charge in [-0.3, -0.25) is 29.4 Å². The number of benzene rings is 3. The highest BCUT2D eigenvalue weighted by Gasteiger charge is 2.64. The second-order valence-electron chi connectivity index (χ2n) is 10.3. The maximum atomic E-state index is 13.5. The molecule has 3 aromatic carbocycles. The summed E-state index contributed by atoms with van der Waals surface area (Å²) in [5.74, 6) is -1.73. The van der Waals surface area contributed by atoms with Gasteiger partial charge in [-0.05, 0) is 60.4 Å². The number of anilines is 1. The van der Waals surface area contributed by atoms with Crippen molar-refractivity contribution in [2.24, 2.45) is 23.7 Å². The highest BCUT2D eigenvalue weighted by atomic mass is 16.6. The van der Waals surface area contributed by atoms with Crippen molar-refractivity contribution < 1.29 is 28.8 Å². The highest BCUT2D eigenvalue weighted by molar-refractivity contribution is 6.22. The third-order valence-corrected chi connectivity index (χ3v) is 8.32. The molecule has 0 radical (unpaired) electrons. The molecule has 1 saturated heterocycles. The van der Waals surface area contributed by atoms with Crippen LogP contribution >= 0.6 is 0 Å². The van der Waals surface area contributed by atoms with Gasteiger partial charge in [0.1, 0.15) is 0 Å². The number of non-ortho nitro benzene ring substituents is 1. The van der Waals surface area contributed by atoms with E-state index in [1.807, 2.05) is 18.2 Å². The van der Waals surface area contributed by atoms with E-state index in [-0.39, 0.29) is 58.2 Å². The lowest BCUT2D eigenvalue weighted by atomic mass is 9.73. The lowest BCUT2D eigenvalue weighted by molar-refractivity contribution is -0.384. The molecule has 0 aromatic heterocycles. The molecule has 3 aliphatic rings. The van der Waals surface area contributed by atoms with Crippen LogP contribution in [0.25, 0.3) is 0 Å². The zero-order valence-electron chi connectivity index (χ0n) is 20.8. The zero-order valence-corrected chi connectivity index (χ0v) is 20.8. The van der Waals surface area contributed by atoms with Crippen LogP contribution in [0.2, 0.25) is 0 Å². The summed E-state index contributed by atoms with van der Waals surface area (Å²) < 4.78 is 5.10. The van der Waals surface area contributed by atoms with Gasteiger partial charge in [0.25, 0.3) is 5.69 Å². The minimum absolute atomic E-state index is 0.0624. The van der Waals surface area contributed by atoms with Crippen molar-refractivity contribution in [1.82, 2.24) is 0 Å². The average Bonchev–Trinajstić information content (AvgIpc) is 3.63. The van der Waals surface area contributed by atoms with E-state index in [4.69, 9.17) is 4.74 Å². The van der Waals surface area contributed by atoms with Crippen LogP contribution in [0.4, 0.5) is 11.4 Å². The van der Waals surface area contributed by atoms with Crippen LogP contribution in [-0.2, 0) is 14.3 Å². The van der Waals surface area contributed by atoms with Gasteiger partial charge in [0.05, 0.1) is 28.0 Å². The first-order valence-corrected chi connectivity index (χ1v) is 12.8. The molecule has 1 aliphatic heterocycles. The second kappa shape index (κ2) is 9.58. The molecule has 5 unspecified atom stereocenters. The molecule has 0 spiro atoms. The Morgan fingerprint density at radius 2 is 1.59 bits per heavy atom. The zero-order chi connectivity index (χ0) is 27.3. The van der Waals surface area contributed by atoms with Crippen LogP contribution in [0.1, 0.15) is 45.0 Å². The van der Waals surface area contributed by atoms with Crippen molar-refractivity contribution in [2.45, 2.75) is 18.8 Å². The van der Waals surface area contributed by atoms with Crippen LogP contribution in [0.15, 0.2) is 78.9 Å².